The van der Waals surface area contributed by atoms with Crippen LogP contribution in [0.1, 0.15) is 21.6 Å². The summed E-state index contributed by atoms with van der Waals surface area (Å²) in [5.41, 5.74) is 0.555. The molecule has 6 heteroatoms. The van der Waals surface area contributed by atoms with E-state index in [1.165, 1.54) is 11.3 Å². The molecule has 0 fully saturated rings. The Balaban J connectivity index is 2.14. The van der Waals surface area contributed by atoms with Crippen molar-refractivity contribution in [2.45, 2.75) is 13.3 Å². The molecule has 19 heavy (non-hydrogen) atoms. The van der Waals surface area contributed by atoms with Gasteiger partial charge in [-0.3, -0.25) is 4.79 Å². The van der Waals surface area contributed by atoms with Crippen molar-refractivity contribution in [1.29, 1.82) is 0 Å². The van der Waals surface area contributed by atoms with Gasteiger partial charge in [0.15, 0.2) is 0 Å². The van der Waals surface area contributed by atoms with Gasteiger partial charge in [0.1, 0.15) is 10.6 Å². The first-order chi connectivity index (χ1) is 9.13. The summed E-state index contributed by atoms with van der Waals surface area (Å²) in [5, 5.41) is 4.13. The van der Waals surface area contributed by atoms with Gasteiger partial charge < -0.3 is 10.1 Å². The van der Waals surface area contributed by atoms with Gasteiger partial charge in [-0.1, -0.05) is 18.5 Å². The molecule has 1 heterocycles. The molecule has 0 aliphatic rings. The molecule has 0 bridgehead atoms. The smallest absolute Gasteiger partial charge is 0.267 e. The molecule has 1 amide bonds. The van der Waals surface area contributed by atoms with E-state index in [4.69, 9.17) is 16.3 Å². The van der Waals surface area contributed by atoms with Crippen molar-refractivity contribution < 1.29 is 9.53 Å². The van der Waals surface area contributed by atoms with E-state index >= 15 is 0 Å². The number of hydrogen-bond donors (Lipinski definition) is 1. The first-order valence-corrected chi connectivity index (χ1v) is 6.93. The molecule has 0 aliphatic carbocycles. The van der Waals surface area contributed by atoms with Crippen LogP contribution in [0.2, 0.25) is 5.02 Å². The minimum absolute atomic E-state index is 0.204. The zero-order valence-corrected chi connectivity index (χ0v) is 12.1. The second kappa shape index (κ2) is 6.04. The lowest BCUT2D eigenvalue weighted by Crippen LogP contribution is -2.10. The number of aromatic nitrogens is 1. The van der Waals surface area contributed by atoms with Crippen LogP contribution in [-0.4, -0.2) is 18.0 Å². The van der Waals surface area contributed by atoms with Crippen molar-refractivity contribution in [2.24, 2.45) is 0 Å². The highest BCUT2D eigenvalue weighted by atomic mass is 35.5. The first kappa shape index (κ1) is 13.8. The third kappa shape index (κ3) is 3.24. The number of methoxy groups -OCH3 is 1. The number of hydrogen-bond acceptors (Lipinski definition) is 4. The molecule has 2 aromatic rings. The lowest BCUT2D eigenvalue weighted by Gasteiger charge is -2.07. The Morgan fingerprint density at radius 1 is 1.53 bits per heavy atom. The summed E-state index contributed by atoms with van der Waals surface area (Å²) in [7, 11) is 1.56. The van der Waals surface area contributed by atoms with Crippen LogP contribution in [0.15, 0.2) is 24.4 Å². The highest BCUT2D eigenvalue weighted by molar-refractivity contribution is 7.13. The summed E-state index contributed by atoms with van der Waals surface area (Å²) in [6, 6.07) is 5.10. The Bertz CT molecular complexity index is 598. The zero-order chi connectivity index (χ0) is 13.8. The average molecular weight is 297 g/mol. The van der Waals surface area contributed by atoms with Crippen LogP contribution < -0.4 is 10.1 Å². The second-order valence-corrected chi connectivity index (χ2v) is 5.29. The molecule has 1 aromatic carbocycles. The van der Waals surface area contributed by atoms with Crippen molar-refractivity contribution in [3.63, 3.8) is 0 Å². The molecular weight excluding hydrogens is 284 g/mol. The third-order valence-corrected chi connectivity index (χ3v) is 3.96. The lowest BCUT2D eigenvalue weighted by molar-refractivity contribution is 0.103. The highest BCUT2D eigenvalue weighted by Gasteiger charge is 2.12. The maximum absolute atomic E-state index is 12.0. The molecular formula is C13H13ClN2O2S. The van der Waals surface area contributed by atoms with Crippen LogP contribution in [0.3, 0.4) is 0 Å². The molecule has 2 rings (SSSR count). The van der Waals surface area contributed by atoms with Gasteiger partial charge >= 0.3 is 0 Å². The van der Waals surface area contributed by atoms with Crippen molar-refractivity contribution in [1.82, 2.24) is 4.98 Å². The van der Waals surface area contributed by atoms with Crippen molar-refractivity contribution in [3.05, 3.63) is 39.3 Å². The third-order valence-electron chi connectivity index (χ3n) is 2.50. The number of nitrogens with zero attached hydrogens (tertiary/aromatic N) is 1. The zero-order valence-electron chi connectivity index (χ0n) is 10.6. The van der Waals surface area contributed by atoms with Gasteiger partial charge in [-0.15, -0.1) is 11.3 Å². The number of rotatable bonds is 4. The molecule has 0 spiro atoms. The molecule has 0 radical (unpaired) electrons. The first-order valence-electron chi connectivity index (χ1n) is 5.73. The standard InChI is InChI=1S/C13H13ClN2O2S/c1-3-12-15-7-11(19-12)13(17)16-10-5-4-8(18-2)6-9(10)14/h4-7H,3H2,1-2H3,(H,16,17). The minimum atomic E-state index is -0.204. The van der Waals surface area contributed by atoms with E-state index in [-0.39, 0.29) is 5.91 Å². The number of ether oxygens (including phenoxy) is 1. The fourth-order valence-electron chi connectivity index (χ4n) is 1.49. The fourth-order valence-corrected chi connectivity index (χ4v) is 2.46. The van der Waals surface area contributed by atoms with E-state index in [9.17, 15) is 4.79 Å². The number of benzene rings is 1. The molecule has 0 aliphatic heterocycles. The monoisotopic (exact) mass is 296 g/mol. The van der Waals surface area contributed by atoms with Crippen LogP contribution >= 0.6 is 22.9 Å². The molecule has 1 N–H and O–H groups in total. The normalized spacial score (nSPS) is 10.3. The number of anilines is 1. The Kier molecular flexibility index (Phi) is 4.39. The van der Waals surface area contributed by atoms with Crippen molar-refractivity contribution in [2.75, 3.05) is 12.4 Å². The number of aryl methyl sites for hydroxylation is 1. The average Bonchev–Trinajstić information content (AvgIpc) is 2.90. The van der Waals surface area contributed by atoms with Gasteiger partial charge in [-0.05, 0) is 18.6 Å². The summed E-state index contributed by atoms with van der Waals surface area (Å²) in [5.74, 6) is 0.443. The van der Waals surface area contributed by atoms with Crippen LogP contribution in [0.4, 0.5) is 5.69 Å². The molecule has 0 atom stereocenters. The van der Waals surface area contributed by atoms with E-state index in [1.54, 1.807) is 31.5 Å². The van der Waals surface area contributed by atoms with Crippen LogP contribution in [-0.2, 0) is 6.42 Å². The van der Waals surface area contributed by atoms with E-state index in [1.807, 2.05) is 6.92 Å². The number of carbonyl (C=O) groups excluding carboxylic acids is 1. The maximum Gasteiger partial charge on any atom is 0.267 e. The van der Waals surface area contributed by atoms with Crippen molar-refractivity contribution in [3.8, 4) is 5.75 Å². The van der Waals surface area contributed by atoms with E-state index in [2.05, 4.69) is 10.3 Å². The topological polar surface area (TPSA) is 51.2 Å². The van der Waals surface area contributed by atoms with E-state index < -0.39 is 0 Å². The predicted octanol–water partition coefficient (Wildman–Crippen LogP) is 3.62. The van der Waals surface area contributed by atoms with E-state index in [0.29, 0.717) is 21.3 Å². The van der Waals surface area contributed by atoms with Crippen LogP contribution in [0.25, 0.3) is 0 Å². The molecule has 4 nitrogen and oxygen atoms in total. The Hall–Kier alpha value is -1.59. The fraction of sp³-hybridized carbons (Fsp3) is 0.231. The predicted molar refractivity (Wildman–Crippen MR) is 77.4 cm³/mol. The van der Waals surface area contributed by atoms with Gasteiger partial charge in [0.05, 0.1) is 29.0 Å². The molecule has 0 unspecified atom stereocenters. The number of halogens is 1. The lowest BCUT2D eigenvalue weighted by atomic mass is 10.3. The molecule has 0 saturated carbocycles. The Morgan fingerprint density at radius 3 is 2.89 bits per heavy atom. The molecule has 100 valence electrons. The highest BCUT2D eigenvalue weighted by Crippen LogP contribution is 2.27. The number of carbonyl (C=O) groups is 1. The summed E-state index contributed by atoms with van der Waals surface area (Å²) in [4.78, 5) is 16.7. The van der Waals surface area contributed by atoms with Gasteiger partial charge in [-0.2, -0.15) is 0 Å². The molecule has 1 aromatic heterocycles. The van der Waals surface area contributed by atoms with Crippen LogP contribution in [0, 0.1) is 0 Å². The Morgan fingerprint density at radius 2 is 2.32 bits per heavy atom. The number of nitrogens with one attached hydrogen (secondary N) is 1. The van der Waals surface area contributed by atoms with Gasteiger partial charge in [-0.25, -0.2) is 4.98 Å². The minimum Gasteiger partial charge on any atom is -0.497 e. The second-order valence-electron chi connectivity index (χ2n) is 3.77. The largest absolute Gasteiger partial charge is 0.497 e. The summed E-state index contributed by atoms with van der Waals surface area (Å²) in [6.45, 7) is 2.00. The van der Waals surface area contributed by atoms with Gasteiger partial charge in [0, 0.05) is 6.07 Å². The Labute approximate surface area is 120 Å². The van der Waals surface area contributed by atoms with E-state index in [0.717, 1.165) is 11.4 Å². The van der Waals surface area contributed by atoms with Gasteiger partial charge in [0.2, 0.25) is 0 Å². The number of thiazole rings is 1. The van der Waals surface area contributed by atoms with Crippen LogP contribution in [0.5, 0.6) is 5.75 Å². The van der Waals surface area contributed by atoms with Crippen molar-refractivity contribution >= 4 is 34.5 Å². The SMILES string of the molecule is CCc1ncc(C(=O)Nc2ccc(OC)cc2Cl)s1. The maximum atomic E-state index is 12.0. The van der Waals surface area contributed by atoms with Gasteiger partial charge in [0.25, 0.3) is 5.91 Å². The molecule has 0 saturated heterocycles. The summed E-state index contributed by atoms with van der Waals surface area (Å²) >= 11 is 7.45. The number of amides is 1. The quantitative estimate of drug-likeness (QED) is 0.937. The summed E-state index contributed by atoms with van der Waals surface area (Å²) < 4.78 is 5.05. The summed E-state index contributed by atoms with van der Waals surface area (Å²) in [6.07, 6.45) is 2.40.